The Kier molecular flexibility index (Phi) is 6.49. The summed E-state index contributed by atoms with van der Waals surface area (Å²) >= 11 is 13.4. The summed E-state index contributed by atoms with van der Waals surface area (Å²) in [5, 5.41) is 4.10. The SMILES string of the molecule is O=C(CSc1nc(=O)n(CC2CCCO2)c2c1CCC2)Nc1cccc(Cl)c1Cl. The molecule has 1 N–H and O–H groups in total. The number of hydrogen-bond acceptors (Lipinski definition) is 5. The first kappa shape index (κ1) is 20.7. The maximum absolute atomic E-state index is 12.7. The molecule has 1 unspecified atom stereocenters. The Labute approximate surface area is 182 Å². The molecule has 0 radical (unpaired) electrons. The Balaban J connectivity index is 1.47. The molecule has 4 rings (SSSR count). The van der Waals surface area contributed by atoms with Gasteiger partial charge in [-0.25, -0.2) is 4.79 Å². The van der Waals surface area contributed by atoms with Crippen LogP contribution in [0.4, 0.5) is 5.69 Å². The molecule has 1 saturated heterocycles. The molecule has 6 nitrogen and oxygen atoms in total. The average molecular weight is 454 g/mol. The predicted octanol–water partition coefficient (Wildman–Crippen LogP) is 3.95. The maximum Gasteiger partial charge on any atom is 0.348 e. The first-order valence-electron chi connectivity index (χ1n) is 9.64. The lowest BCUT2D eigenvalue weighted by Gasteiger charge is -2.17. The van der Waals surface area contributed by atoms with Crippen LogP contribution < -0.4 is 11.0 Å². The number of ether oxygens (including phenoxy) is 1. The van der Waals surface area contributed by atoms with Crippen molar-refractivity contribution in [1.82, 2.24) is 9.55 Å². The minimum Gasteiger partial charge on any atom is -0.376 e. The largest absolute Gasteiger partial charge is 0.376 e. The summed E-state index contributed by atoms with van der Waals surface area (Å²) in [5.41, 5.74) is 2.33. The van der Waals surface area contributed by atoms with Gasteiger partial charge in [0.05, 0.1) is 34.1 Å². The lowest BCUT2D eigenvalue weighted by Crippen LogP contribution is -2.31. The van der Waals surface area contributed by atoms with Gasteiger partial charge in [-0.1, -0.05) is 41.0 Å². The number of anilines is 1. The van der Waals surface area contributed by atoms with E-state index in [9.17, 15) is 9.59 Å². The molecular formula is C20H21Cl2N3O3S. The van der Waals surface area contributed by atoms with Gasteiger partial charge in [-0.2, -0.15) is 4.98 Å². The zero-order valence-corrected chi connectivity index (χ0v) is 18.1. The Hall–Kier alpha value is -1.54. The van der Waals surface area contributed by atoms with Crippen molar-refractivity contribution in [2.45, 2.75) is 49.8 Å². The molecule has 1 amide bonds. The molecule has 0 spiro atoms. The van der Waals surface area contributed by atoms with Crippen molar-refractivity contribution in [3.63, 3.8) is 0 Å². The smallest absolute Gasteiger partial charge is 0.348 e. The van der Waals surface area contributed by atoms with Gasteiger partial charge >= 0.3 is 5.69 Å². The lowest BCUT2D eigenvalue weighted by molar-refractivity contribution is -0.113. The first-order valence-corrected chi connectivity index (χ1v) is 11.4. The zero-order valence-electron chi connectivity index (χ0n) is 15.7. The van der Waals surface area contributed by atoms with Crippen molar-refractivity contribution in [3.05, 3.63) is 50.0 Å². The highest BCUT2D eigenvalue weighted by Crippen LogP contribution is 2.31. The fourth-order valence-electron chi connectivity index (χ4n) is 3.81. The summed E-state index contributed by atoms with van der Waals surface area (Å²) in [6, 6.07) is 5.07. The summed E-state index contributed by atoms with van der Waals surface area (Å²) in [7, 11) is 0. The second-order valence-electron chi connectivity index (χ2n) is 7.16. The number of rotatable bonds is 6. The van der Waals surface area contributed by atoms with Crippen LogP contribution in [0.25, 0.3) is 0 Å². The van der Waals surface area contributed by atoms with Gasteiger partial charge in [0.15, 0.2) is 0 Å². The minimum absolute atomic E-state index is 0.0888. The second-order valence-corrected chi connectivity index (χ2v) is 8.91. The van der Waals surface area contributed by atoms with Gasteiger partial charge in [0, 0.05) is 17.9 Å². The number of carbonyl (C=O) groups is 1. The van der Waals surface area contributed by atoms with Crippen LogP contribution in [0.5, 0.6) is 0 Å². The van der Waals surface area contributed by atoms with Gasteiger partial charge in [0.2, 0.25) is 5.91 Å². The number of thioether (sulfide) groups is 1. The highest BCUT2D eigenvalue weighted by molar-refractivity contribution is 8.00. The van der Waals surface area contributed by atoms with Crippen LogP contribution in [0.1, 0.15) is 30.5 Å². The minimum atomic E-state index is -0.262. The van der Waals surface area contributed by atoms with Gasteiger partial charge in [-0.15, -0.1) is 0 Å². The molecule has 9 heteroatoms. The van der Waals surface area contributed by atoms with Crippen molar-refractivity contribution in [3.8, 4) is 0 Å². The number of fused-ring (bicyclic) bond motifs is 1. The monoisotopic (exact) mass is 453 g/mol. The molecule has 2 aliphatic rings. The van der Waals surface area contributed by atoms with Crippen molar-refractivity contribution in [2.75, 3.05) is 17.7 Å². The summed E-state index contributed by atoms with van der Waals surface area (Å²) in [6.07, 6.45) is 4.82. The van der Waals surface area contributed by atoms with Crippen LogP contribution in [0.3, 0.4) is 0 Å². The van der Waals surface area contributed by atoms with Crippen LogP contribution in [-0.4, -0.2) is 33.9 Å². The van der Waals surface area contributed by atoms with Crippen LogP contribution in [0, 0.1) is 0 Å². The molecule has 154 valence electrons. The lowest BCUT2D eigenvalue weighted by atomic mass is 10.2. The second kappa shape index (κ2) is 9.08. The Morgan fingerprint density at radius 2 is 2.17 bits per heavy atom. The average Bonchev–Trinajstić information content (AvgIpc) is 3.38. The molecule has 0 saturated carbocycles. The molecule has 1 aromatic heterocycles. The van der Waals surface area contributed by atoms with Gasteiger partial charge in [-0.05, 0) is 44.2 Å². The molecule has 1 atom stereocenters. The zero-order chi connectivity index (χ0) is 20.4. The number of aromatic nitrogens is 2. The third-order valence-corrected chi connectivity index (χ3v) is 7.01. The van der Waals surface area contributed by atoms with Crippen LogP contribution >= 0.6 is 35.0 Å². The van der Waals surface area contributed by atoms with Crippen molar-refractivity contribution in [2.24, 2.45) is 0 Å². The fourth-order valence-corrected chi connectivity index (χ4v) is 5.03. The Bertz CT molecular complexity index is 990. The van der Waals surface area contributed by atoms with E-state index in [1.54, 1.807) is 22.8 Å². The van der Waals surface area contributed by atoms with Crippen molar-refractivity contribution in [1.29, 1.82) is 0 Å². The highest BCUT2D eigenvalue weighted by Gasteiger charge is 2.25. The van der Waals surface area contributed by atoms with E-state index >= 15 is 0 Å². The quantitative estimate of drug-likeness (QED) is 0.529. The molecule has 1 aliphatic carbocycles. The molecule has 1 aliphatic heterocycles. The molecule has 1 fully saturated rings. The van der Waals surface area contributed by atoms with E-state index in [1.165, 1.54) is 11.8 Å². The van der Waals surface area contributed by atoms with Gasteiger partial charge < -0.3 is 10.1 Å². The van der Waals surface area contributed by atoms with Gasteiger partial charge in [0.1, 0.15) is 5.03 Å². The van der Waals surface area contributed by atoms with E-state index < -0.39 is 0 Å². The van der Waals surface area contributed by atoms with E-state index in [0.717, 1.165) is 50.0 Å². The van der Waals surface area contributed by atoms with Crippen LogP contribution in [0.2, 0.25) is 10.0 Å². The molecular weight excluding hydrogens is 433 g/mol. The number of nitrogens with one attached hydrogen (secondary N) is 1. The topological polar surface area (TPSA) is 73.2 Å². The van der Waals surface area contributed by atoms with E-state index in [-0.39, 0.29) is 23.5 Å². The van der Waals surface area contributed by atoms with Gasteiger partial charge in [0.25, 0.3) is 0 Å². The summed E-state index contributed by atoms with van der Waals surface area (Å²) in [6.45, 7) is 1.32. The third-order valence-electron chi connectivity index (χ3n) is 5.18. The summed E-state index contributed by atoms with van der Waals surface area (Å²) in [5.74, 6) is -0.0893. The molecule has 1 aromatic carbocycles. The van der Waals surface area contributed by atoms with Crippen molar-refractivity contribution >= 4 is 46.6 Å². The third kappa shape index (κ3) is 4.63. The molecule has 0 bridgehead atoms. The standard InChI is InChI=1S/C20H21Cl2N3O3S/c21-14-6-2-7-15(18(14)22)23-17(26)11-29-19-13-5-1-8-16(13)25(20(27)24-19)10-12-4-3-9-28-12/h2,6-7,12H,1,3-5,8-11H2,(H,23,26). The predicted molar refractivity (Wildman–Crippen MR) is 115 cm³/mol. The Morgan fingerprint density at radius 1 is 1.31 bits per heavy atom. The number of halogens is 2. The van der Waals surface area contributed by atoms with Crippen LogP contribution in [0.15, 0.2) is 28.0 Å². The van der Waals surface area contributed by atoms with Crippen LogP contribution in [-0.2, 0) is 28.9 Å². The molecule has 2 aromatic rings. The van der Waals surface area contributed by atoms with E-state index in [2.05, 4.69) is 10.3 Å². The molecule has 2 heterocycles. The normalized spacial score (nSPS) is 18.1. The van der Waals surface area contributed by atoms with Crippen molar-refractivity contribution < 1.29 is 9.53 Å². The number of nitrogens with zero attached hydrogens (tertiary/aromatic N) is 2. The maximum atomic E-state index is 12.7. The number of benzene rings is 1. The molecule has 29 heavy (non-hydrogen) atoms. The fraction of sp³-hybridized carbons (Fsp3) is 0.450. The number of hydrogen-bond donors (Lipinski definition) is 1. The first-order chi connectivity index (χ1) is 14.0. The Morgan fingerprint density at radius 3 is 2.97 bits per heavy atom. The van der Waals surface area contributed by atoms with E-state index in [0.29, 0.717) is 27.3 Å². The summed E-state index contributed by atoms with van der Waals surface area (Å²) < 4.78 is 7.46. The number of amides is 1. The van der Waals surface area contributed by atoms with E-state index in [4.69, 9.17) is 27.9 Å². The highest BCUT2D eigenvalue weighted by atomic mass is 35.5. The van der Waals surface area contributed by atoms with Gasteiger partial charge in [-0.3, -0.25) is 9.36 Å². The summed E-state index contributed by atoms with van der Waals surface area (Å²) in [4.78, 5) is 29.3. The number of carbonyl (C=O) groups excluding carboxylic acids is 1. The van der Waals surface area contributed by atoms with E-state index in [1.807, 2.05) is 0 Å².